The van der Waals surface area contributed by atoms with Crippen LogP contribution in [0.5, 0.6) is 0 Å². The Balaban J connectivity index is 1.66. The van der Waals surface area contributed by atoms with E-state index in [1.54, 1.807) is 18.2 Å². The maximum atomic E-state index is 12.6. The van der Waals surface area contributed by atoms with Crippen molar-refractivity contribution >= 4 is 17.5 Å². The third-order valence-corrected chi connectivity index (χ3v) is 4.40. The van der Waals surface area contributed by atoms with Gasteiger partial charge in [0.05, 0.1) is 17.2 Å². The molecule has 0 saturated carbocycles. The second kappa shape index (κ2) is 7.94. The summed E-state index contributed by atoms with van der Waals surface area (Å²) in [5.41, 5.74) is 3.24. The largest absolute Gasteiger partial charge is 0.348 e. The number of carbonyl (C=O) groups is 2. The minimum Gasteiger partial charge on any atom is -0.348 e. The van der Waals surface area contributed by atoms with Gasteiger partial charge in [0, 0.05) is 13.1 Å². The molecule has 1 aliphatic rings. The molecule has 130 valence electrons. The van der Waals surface area contributed by atoms with Crippen molar-refractivity contribution in [3.8, 4) is 0 Å². The zero-order chi connectivity index (χ0) is 17.6. The normalized spacial score (nSPS) is 16.4. The van der Waals surface area contributed by atoms with E-state index in [-0.39, 0.29) is 17.7 Å². The van der Waals surface area contributed by atoms with Gasteiger partial charge in [0.25, 0.3) is 5.91 Å². The minimum atomic E-state index is -0.193. The number of carbonyl (C=O) groups excluding carboxylic acids is 2. The average Bonchev–Trinajstić information content (AvgIpc) is 3.15. The third-order valence-electron chi connectivity index (χ3n) is 4.40. The van der Waals surface area contributed by atoms with E-state index in [1.165, 1.54) is 0 Å². The van der Waals surface area contributed by atoms with Crippen LogP contribution >= 0.6 is 0 Å². The minimum absolute atomic E-state index is 0.0380. The first-order chi connectivity index (χ1) is 12.1. The third kappa shape index (κ3) is 4.45. The van der Waals surface area contributed by atoms with E-state index >= 15 is 0 Å². The van der Waals surface area contributed by atoms with Crippen LogP contribution in [0.1, 0.15) is 27.9 Å². The van der Waals surface area contributed by atoms with Crippen molar-refractivity contribution in [1.82, 2.24) is 10.6 Å². The summed E-state index contributed by atoms with van der Waals surface area (Å²) < 4.78 is 0. The number of rotatable bonds is 5. The molecule has 0 aliphatic carbocycles. The van der Waals surface area contributed by atoms with E-state index in [9.17, 15) is 9.59 Å². The Bertz CT molecular complexity index is 767. The number of nitrogens with one attached hydrogen (secondary N) is 3. The van der Waals surface area contributed by atoms with Crippen LogP contribution in [0.4, 0.5) is 5.69 Å². The molecule has 0 bridgehead atoms. The van der Waals surface area contributed by atoms with Crippen molar-refractivity contribution < 1.29 is 9.59 Å². The predicted octanol–water partition coefficient (Wildman–Crippen LogP) is 2.47. The van der Waals surface area contributed by atoms with Crippen molar-refractivity contribution in [2.75, 3.05) is 18.4 Å². The van der Waals surface area contributed by atoms with Gasteiger partial charge in [0.1, 0.15) is 0 Å². The Labute approximate surface area is 147 Å². The fourth-order valence-electron chi connectivity index (χ4n) is 3.00. The monoisotopic (exact) mass is 337 g/mol. The molecule has 5 heteroatoms. The van der Waals surface area contributed by atoms with Crippen LogP contribution in [-0.4, -0.2) is 24.9 Å². The number of para-hydroxylation sites is 1. The van der Waals surface area contributed by atoms with E-state index in [0.29, 0.717) is 24.3 Å². The molecule has 2 aromatic carbocycles. The zero-order valence-corrected chi connectivity index (χ0v) is 14.3. The summed E-state index contributed by atoms with van der Waals surface area (Å²) in [6.45, 7) is 4.02. The standard InChI is InChI=1S/C20H23N3O2/c1-14-5-4-6-15(11-14)12-22-20(25)17-7-2-3-8-18(17)23-19(24)16-9-10-21-13-16/h2-8,11,16,21H,9-10,12-13H2,1H3,(H,22,25)(H,23,24). The molecule has 3 N–H and O–H groups in total. The van der Waals surface area contributed by atoms with Crippen LogP contribution in [0, 0.1) is 12.8 Å². The lowest BCUT2D eigenvalue weighted by atomic mass is 10.1. The predicted molar refractivity (Wildman–Crippen MR) is 98.4 cm³/mol. The number of amides is 2. The van der Waals surface area contributed by atoms with E-state index in [1.807, 2.05) is 37.3 Å². The lowest BCUT2D eigenvalue weighted by Crippen LogP contribution is -2.28. The summed E-state index contributed by atoms with van der Waals surface area (Å²) in [5, 5.41) is 9.00. The number of aryl methyl sites for hydroxylation is 1. The Morgan fingerprint density at radius 2 is 2.00 bits per heavy atom. The molecule has 25 heavy (non-hydrogen) atoms. The van der Waals surface area contributed by atoms with Crippen molar-refractivity contribution in [2.45, 2.75) is 19.9 Å². The molecular weight excluding hydrogens is 314 g/mol. The lowest BCUT2D eigenvalue weighted by molar-refractivity contribution is -0.119. The van der Waals surface area contributed by atoms with Gasteiger partial charge >= 0.3 is 0 Å². The second-order valence-corrected chi connectivity index (χ2v) is 6.40. The summed E-state index contributed by atoms with van der Waals surface area (Å²) in [4.78, 5) is 24.9. The molecule has 2 amide bonds. The van der Waals surface area contributed by atoms with Crippen LogP contribution in [0.25, 0.3) is 0 Å². The Morgan fingerprint density at radius 1 is 1.16 bits per heavy atom. The van der Waals surface area contributed by atoms with Crippen LogP contribution in [0.3, 0.4) is 0 Å². The summed E-state index contributed by atoms with van der Waals surface area (Å²) in [6, 6.07) is 15.1. The maximum absolute atomic E-state index is 12.6. The molecule has 1 unspecified atom stereocenters. The fourth-order valence-corrected chi connectivity index (χ4v) is 3.00. The van der Waals surface area contributed by atoms with Gasteiger partial charge in [-0.1, -0.05) is 42.0 Å². The van der Waals surface area contributed by atoms with Crippen molar-refractivity contribution in [2.24, 2.45) is 5.92 Å². The zero-order valence-electron chi connectivity index (χ0n) is 14.3. The van der Waals surface area contributed by atoms with Gasteiger partial charge in [-0.3, -0.25) is 9.59 Å². The van der Waals surface area contributed by atoms with Crippen molar-refractivity contribution in [3.05, 3.63) is 65.2 Å². The van der Waals surface area contributed by atoms with Gasteiger partial charge in [0.15, 0.2) is 0 Å². The molecule has 5 nitrogen and oxygen atoms in total. The maximum Gasteiger partial charge on any atom is 0.253 e. The first kappa shape index (κ1) is 17.2. The fraction of sp³-hybridized carbons (Fsp3) is 0.300. The molecule has 2 aromatic rings. The summed E-state index contributed by atoms with van der Waals surface area (Å²) in [6.07, 6.45) is 0.827. The number of hydrogen-bond acceptors (Lipinski definition) is 3. The molecule has 3 rings (SSSR count). The molecule has 0 radical (unpaired) electrons. The molecule has 0 spiro atoms. The van der Waals surface area contributed by atoms with Crippen LogP contribution in [0.2, 0.25) is 0 Å². The lowest BCUT2D eigenvalue weighted by Gasteiger charge is -2.14. The van der Waals surface area contributed by atoms with Crippen LogP contribution in [0.15, 0.2) is 48.5 Å². The highest BCUT2D eigenvalue weighted by Crippen LogP contribution is 2.18. The highest BCUT2D eigenvalue weighted by Gasteiger charge is 2.23. The smallest absolute Gasteiger partial charge is 0.253 e. The molecule has 1 fully saturated rings. The highest BCUT2D eigenvalue weighted by molar-refractivity contribution is 6.04. The number of hydrogen-bond donors (Lipinski definition) is 3. The van der Waals surface area contributed by atoms with Gasteiger partial charge in [0.2, 0.25) is 5.91 Å². The molecular formula is C20H23N3O2. The van der Waals surface area contributed by atoms with Crippen LogP contribution in [-0.2, 0) is 11.3 Å². The first-order valence-corrected chi connectivity index (χ1v) is 8.58. The molecule has 1 heterocycles. The Hall–Kier alpha value is -2.66. The first-order valence-electron chi connectivity index (χ1n) is 8.58. The number of benzene rings is 2. The van der Waals surface area contributed by atoms with Gasteiger partial charge in [-0.2, -0.15) is 0 Å². The topological polar surface area (TPSA) is 70.2 Å². The van der Waals surface area contributed by atoms with Crippen LogP contribution < -0.4 is 16.0 Å². The van der Waals surface area contributed by atoms with E-state index < -0.39 is 0 Å². The molecule has 0 aromatic heterocycles. The second-order valence-electron chi connectivity index (χ2n) is 6.40. The highest BCUT2D eigenvalue weighted by atomic mass is 16.2. The van der Waals surface area contributed by atoms with E-state index in [4.69, 9.17) is 0 Å². The van der Waals surface area contributed by atoms with E-state index in [0.717, 1.165) is 24.1 Å². The van der Waals surface area contributed by atoms with Crippen molar-refractivity contribution in [3.63, 3.8) is 0 Å². The Morgan fingerprint density at radius 3 is 2.76 bits per heavy atom. The molecule has 1 saturated heterocycles. The summed E-state index contributed by atoms with van der Waals surface area (Å²) in [7, 11) is 0. The molecule has 1 aliphatic heterocycles. The van der Waals surface area contributed by atoms with Crippen molar-refractivity contribution in [1.29, 1.82) is 0 Å². The quantitative estimate of drug-likeness (QED) is 0.785. The average molecular weight is 337 g/mol. The molecule has 1 atom stereocenters. The summed E-state index contributed by atoms with van der Waals surface area (Å²) >= 11 is 0. The van der Waals surface area contributed by atoms with Gasteiger partial charge < -0.3 is 16.0 Å². The SMILES string of the molecule is Cc1cccc(CNC(=O)c2ccccc2NC(=O)C2CCNC2)c1. The van der Waals surface area contributed by atoms with Gasteiger partial charge in [-0.25, -0.2) is 0 Å². The van der Waals surface area contributed by atoms with Gasteiger partial charge in [-0.15, -0.1) is 0 Å². The Kier molecular flexibility index (Phi) is 5.46. The number of anilines is 1. The summed E-state index contributed by atoms with van der Waals surface area (Å²) in [5.74, 6) is -0.269. The van der Waals surface area contributed by atoms with E-state index in [2.05, 4.69) is 16.0 Å². The van der Waals surface area contributed by atoms with Gasteiger partial charge in [-0.05, 0) is 37.6 Å².